The Morgan fingerprint density at radius 1 is 0.857 bits per heavy atom. The summed E-state index contributed by atoms with van der Waals surface area (Å²) in [5, 5.41) is 14.5. The van der Waals surface area contributed by atoms with Crippen molar-refractivity contribution in [3.8, 4) is 28.2 Å². The van der Waals surface area contributed by atoms with E-state index < -0.39 is 54.4 Å². The molecule has 0 saturated heterocycles. The van der Waals surface area contributed by atoms with Crippen LogP contribution in [0.5, 0.6) is 5.75 Å². The second kappa shape index (κ2) is 22.6. The predicted molar refractivity (Wildman–Crippen MR) is 239 cm³/mol. The van der Waals surface area contributed by atoms with Gasteiger partial charge in [0.25, 0.3) is 5.78 Å². The molecule has 2 aromatic carbocycles. The van der Waals surface area contributed by atoms with Gasteiger partial charge in [-0.1, -0.05) is 0 Å². The average Bonchev–Trinajstić information content (AvgIpc) is 3.26. The second-order valence-electron chi connectivity index (χ2n) is 15.4. The van der Waals surface area contributed by atoms with Gasteiger partial charge in [-0.05, 0) is 62.9 Å². The molecule has 4 rings (SSSR count). The Labute approximate surface area is 367 Å². The summed E-state index contributed by atoms with van der Waals surface area (Å²) >= 11 is 0. The van der Waals surface area contributed by atoms with Crippen LogP contribution in [0.1, 0.15) is 52.9 Å². The van der Waals surface area contributed by atoms with E-state index in [2.05, 4.69) is 43.0 Å². The zero-order valence-electron chi connectivity index (χ0n) is 37.5. The van der Waals surface area contributed by atoms with Crippen molar-refractivity contribution in [2.24, 2.45) is 4.99 Å². The first kappa shape index (κ1) is 49.2. The summed E-state index contributed by atoms with van der Waals surface area (Å²) in [6.45, 7) is 3.63. The van der Waals surface area contributed by atoms with Gasteiger partial charge in [0.1, 0.15) is 23.1 Å². The number of ether oxygens (including phenoxy) is 2. The zero-order valence-corrected chi connectivity index (χ0v) is 37.5. The van der Waals surface area contributed by atoms with Crippen molar-refractivity contribution < 1.29 is 52.6 Å². The number of methoxy groups -OCH3 is 1. The number of nitrogens with zero attached hydrogens (tertiary/aromatic N) is 5. The normalized spacial score (nSPS) is 12.0. The SMILES string of the molecule is CCN(CCCC(=O)NCCCCC(C(=O)OC(=O)C(C)=O)N(CO)CC(=O)C(=O)C(C)=O)c1cc(OC)c(-c2c3ccc(=NC)cc-3oc3cc(N(C)C)ccc23)cc1N(C)C. The number of ketones is 4. The van der Waals surface area contributed by atoms with Gasteiger partial charge in [0, 0.05) is 121 Å². The molecule has 63 heavy (non-hydrogen) atoms. The molecule has 17 heteroatoms. The third-order valence-corrected chi connectivity index (χ3v) is 10.6. The quantitative estimate of drug-likeness (QED) is 0.0272. The second-order valence-corrected chi connectivity index (χ2v) is 15.4. The molecule has 1 amide bonds. The first-order valence-corrected chi connectivity index (χ1v) is 20.7. The molecule has 0 aromatic heterocycles. The number of amides is 1. The van der Waals surface area contributed by atoms with E-state index in [4.69, 9.17) is 9.15 Å². The van der Waals surface area contributed by atoms with Crippen LogP contribution in [0.3, 0.4) is 0 Å². The number of carbonyl (C=O) groups excluding carboxylic acids is 7. The third-order valence-electron chi connectivity index (χ3n) is 10.6. The number of nitrogens with one attached hydrogen (secondary N) is 1. The lowest BCUT2D eigenvalue weighted by molar-refractivity contribution is -0.168. The van der Waals surface area contributed by atoms with Gasteiger partial charge in [-0.15, -0.1) is 0 Å². The first-order chi connectivity index (χ1) is 29.9. The predicted octanol–water partition coefficient (Wildman–Crippen LogP) is 3.78. The van der Waals surface area contributed by atoms with E-state index in [1.165, 1.54) is 0 Å². The van der Waals surface area contributed by atoms with Gasteiger partial charge in [-0.25, -0.2) is 9.59 Å². The first-order valence-electron chi connectivity index (χ1n) is 20.7. The average molecular weight is 871 g/mol. The van der Waals surface area contributed by atoms with Crippen molar-refractivity contribution in [1.82, 2.24) is 10.2 Å². The molecule has 2 aromatic rings. The molecule has 1 aliphatic heterocycles. The number of carbonyl (C=O) groups is 7. The lowest BCUT2D eigenvalue weighted by Gasteiger charge is -2.30. The van der Waals surface area contributed by atoms with Gasteiger partial charge in [0.2, 0.25) is 23.3 Å². The molecule has 0 spiro atoms. The molecule has 0 saturated carbocycles. The molecule has 338 valence electrons. The Hall–Kier alpha value is -6.46. The monoisotopic (exact) mass is 870 g/mol. The van der Waals surface area contributed by atoms with Crippen molar-refractivity contribution >= 4 is 69.0 Å². The summed E-state index contributed by atoms with van der Waals surface area (Å²) < 4.78 is 17.2. The van der Waals surface area contributed by atoms with Crippen molar-refractivity contribution in [3.63, 3.8) is 0 Å². The van der Waals surface area contributed by atoms with E-state index in [0.717, 1.165) is 68.8 Å². The van der Waals surface area contributed by atoms with Crippen LogP contribution < -0.4 is 30.1 Å². The molecule has 1 aliphatic carbocycles. The Bertz CT molecular complexity index is 2390. The maximum Gasteiger partial charge on any atom is 0.381 e. The van der Waals surface area contributed by atoms with Gasteiger partial charge < -0.3 is 39.0 Å². The molecule has 17 nitrogen and oxygen atoms in total. The standard InChI is InChI=1S/C46H58N6O11/c1-10-51(21-13-15-42(57)48-20-12-11-14-35(46(60)63-45(59)29(3)55)52(27-53)26-38(56)44(58)28(2)54)37-25-39(61-9)34(24-36(37)50(7)8)43-32-18-16-30(47-4)22-40(32)62-41-23-31(49(5)6)17-19-33(41)43/h16-19,22-25,35,53H,10-15,20-21,26-27H2,1-9H3,(H,48,57). The molecular formula is C46H58N6O11. The Morgan fingerprint density at radius 2 is 1.59 bits per heavy atom. The minimum atomic E-state index is -1.43. The summed E-state index contributed by atoms with van der Waals surface area (Å²) in [4.78, 5) is 96.1. The number of Topliss-reactive ketones (excluding diaryl/α,β-unsaturated/α-hetero) is 4. The fourth-order valence-corrected chi connectivity index (χ4v) is 7.16. The fraction of sp³-hybridized carbons (Fsp3) is 0.435. The number of rotatable bonds is 23. The zero-order chi connectivity index (χ0) is 46.5. The lowest BCUT2D eigenvalue weighted by Crippen LogP contribution is -2.47. The number of anilines is 3. The Kier molecular flexibility index (Phi) is 17.6. The van der Waals surface area contributed by atoms with Gasteiger partial charge in [0.15, 0.2) is 0 Å². The molecule has 0 bridgehead atoms. The summed E-state index contributed by atoms with van der Waals surface area (Å²) in [6, 6.07) is 14.8. The number of aliphatic hydroxyl groups is 1. The van der Waals surface area contributed by atoms with Gasteiger partial charge >= 0.3 is 11.9 Å². The van der Waals surface area contributed by atoms with E-state index in [1.807, 2.05) is 70.3 Å². The highest BCUT2D eigenvalue weighted by Crippen LogP contribution is 2.47. The molecule has 0 fully saturated rings. The fourth-order valence-electron chi connectivity index (χ4n) is 7.16. The molecule has 1 unspecified atom stereocenters. The number of hydrogen-bond acceptors (Lipinski definition) is 16. The van der Waals surface area contributed by atoms with E-state index in [-0.39, 0.29) is 31.7 Å². The summed E-state index contributed by atoms with van der Waals surface area (Å²) in [5.41, 5.74) is 6.36. The number of benzene rings is 3. The van der Waals surface area contributed by atoms with Crippen molar-refractivity contribution in [3.05, 3.63) is 53.9 Å². The van der Waals surface area contributed by atoms with Crippen LogP contribution >= 0.6 is 0 Å². The Morgan fingerprint density at radius 3 is 2.19 bits per heavy atom. The maximum absolute atomic E-state index is 13.0. The Balaban J connectivity index is 1.47. The van der Waals surface area contributed by atoms with Gasteiger partial charge in [-0.3, -0.25) is 33.9 Å². The van der Waals surface area contributed by atoms with E-state index in [1.54, 1.807) is 14.2 Å². The number of fused-ring (bicyclic) bond motifs is 2. The summed E-state index contributed by atoms with van der Waals surface area (Å²) in [6.07, 6.45) is 1.30. The minimum Gasteiger partial charge on any atom is -0.496 e. The highest BCUT2D eigenvalue weighted by Gasteiger charge is 2.33. The summed E-state index contributed by atoms with van der Waals surface area (Å²) in [7, 11) is 11.3. The maximum atomic E-state index is 13.0. The van der Waals surface area contributed by atoms with E-state index in [0.29, 0.717) is 37.4 Å². The largest absolute Gasteiger partial charge is 0.496 e. The molecule has 1 heterocycles. The number of aliphatic hydroxyl groups excluding tert-OH is 1. The molecule has 0 radical (unpaired) electrons. The molecular weight excluding hydrogens is 813 g/mol. The highest BCUT2D eigenvalue weighted by molar-refractivity contribution is 6.63. The number of hydrogen-bond donors (Lipinski definition) is 2. The molecule has 2 N–H and O–H groups in total. The van der Waals surface area contributed by atoms with Crippen LogP contribution in [0.4, 0.5) is 17.1 Å². The van der Waals surface area contributed by atoms with Gasteiger partial charge in [-0.2, -0.15) is 0 Å². The van der Waals surface area contributed by atoms with Crippen molar-refractivity contribution in [2.75, 3.05) is 90.0 Å². The number of unbranched alkanes of at least 4 members (excludes halogenated alkanes) is 1. The third kappa shape index (κ3) is 12.3. The van der Waals surface area contributed by atoms with Crippen LogP contribution in [0.15, 0.2) is 57.9 Å². The lowest BCUT2D eigenvalue weighted by atomic mass is 9.92. The van der Waals surface area contributed by atoms with E-state index in [9.17, 15) is 38.7 Å². The van der Waals surface area contributed by atoms with Crippen LogP contribution in [-0.2, 0) is 38.3 Å². The minimum absolute atomic E-state index is 0.0661. The number of esters is 2. The topological polar surface area (TPSA) is 209 Å². The van der Waals surface area contributed by atoms with Crippen LogP contribution in [0.2, 0.25) is 0 Å². The molecule has 2 aliphatic rings. The van der Waals surface area contributed by atoms with Gasteiger partial charge in [0.05, 0.1) is 37.1 Å². The van der Waals surface area contributed by atoms with Crippen LogP contribution in [0, 0.1) is 0 Å². The summed E-state index contributed by atoms with van der Waals surface area (Å²) in [5.74, 6) is -5.99. The molecule has 1 atom stereocenters. The van der Waals surface area contributed by atoms with Crippen LogP contribution in [0.25, 0.3) is 33.4 Å². The van der Waals surface area contributed by atoms with Crippen molar-refractivity contribution in [2.45, 2.75) is 58.9 Å². The smallest absolute Gasteiger partial charge is 0.381 e. The van der Waals surface area contributed by atoms with Crippen LogP contribution in [-0.4, -0.2) is 132 Å². The van der Waals surface area contributed by atoms with Crippen molar-refractivity contribution in [1.29, 1.82) is 0 Å². The van der Waals surface area contributed by atoms with E-state index >= 15 is 0 Å². The highest BCUT2D eigenvalue weighted by atomic mass is 16.6.